The van der Waals surface area contributed by atoms with E-state index in [-0.39, 0.29) is 0 Å². The van der Waals surface area contributed by atoms with Crippen molar-refractivity contribution in [3.05, 3.63) is 64.7 Å². The van der Waals surface area contributed by atoms with Gasteiger partial charge in [0.25, 0.3) is 0 Å². The zero-order valence-electron chi connectivity index (χ0n) is 10.9. The van der Waals surface area contributed by atoms with Crippen molar-refractivity contribution in [3.8, 4) is 12.3 Å². The molecule has 0 amide bonds. The largest absolute Gasteiger partial charge is 0.381 e. The number of hydrogen-bond donors (Lipinski definition) is 1. The van der Waals surface area contributed by atoms with Crippen LogP contribution >= 0.6 is 0 Å². The molecule has 0 heterocycles. The number of hydrogen-bond acceptors (Lipinski definition) is 1. The molecule has 3 rings (SSSR count). The lowest BCUT2D eigenvalue weighted by molar-refractivity contribution is 0.911. The lowest BCUT2D eigenvalue weighted by Crippen LogP contribution is -2.00. The van der Waals surface area contributed by atoms with Crippen molar-refractivity contribution in [2.75, 3.05) is 5.32 Å². The van der Waals surface area contributed by atoms with Crippen LogP contribution in [-0.2, 0) is 19.4 Å². The predicted molar refractivity (Wildman–Crippen MR) is 80.2 cm³/mol. The molecule has 0 atom stereocenters. The van der Waals surface area contributed by atoms with Crippen LogP contribution in [0.15, 0.2) is 42.5 Å². The van der Waals surface area contributed by atoms with Crippen molar-refractivity contribution in [2.45, 2.75) is 25.8 Å². The molecule has 0 saturated heterocycles. The van der Waals surface area contributed by atoms with Crippen molar-refractivity contribution in [2.24, 2.45) is 0 Å². The fraction of sp³-hybridized carbons (Fsp3) is 0.222. The number of fused-ring (bicyclic) bond motifs is 1. The second kappa shape index (κ2) is 5.20. The smallest absolute Gasteiger partial charge is 0.0400 e. The first kappa shape index (κ1) is 11.9. The monoisotopic (exact) mass is 247 g/mol. The molecule has 1 aliphatic carbocycles. The number of nitrogens with one attached hydrogen (secondary N) is 1. The first-order chi connectivity index (χ1) is 9.35. The van der Waals surface area contributed by atoms with Gasteiger partial charge in [0, 0.05) is 17.8 Å². The average molecular weight is 247 g/mol. The highest BCUT2D eigenvalue weighted by Crippen LogP contribution is 2.23. The van der Waals surface area contributed by atoms with Crippen LogP contribution in [0.25, 0.3) is 0 Å². The highest BCUT2D eigenvalue weighted by Gasteiger charge is 2.10. The van der Waals surface area contributed by atoms with Crippen LogP contribution in [0.2, 0.25) is 0 Å². The van der Waals surface area contributed by atoms with E-state index in [1.807, 2.05) is 24.3 Å². The molecule has 1 nitrogen and oxygen atoms in total. The Balaban J connectivity index is 1.70. The molecule has 0 unspecified atom stereocenters. The minimum absolute atomic E-state index is 0.849. The third-order valence-electron chi connectivity index (χ3n) is 3.69. The van der Waals surface area contributed by atoms with Crippen LogP contribution in [0.3, 0.4) is 0 Å². The van der Waals surface area contributed by atoms with Crippen molar-refractivity contribution < 1.29 is 0 Å². The van der Waals surface area contributed by atoms with Gasteiger partial charge in [0.05, 0.1) is 0 Å². The van der Waals surface area contributed by atoms with Gasteiger partial charge >= 0.3 is 0 Å². The first-order valence-corrected chi connectivity index (χ1v) is 6.76. The number of benzene rings is 2. The maximum absolute atomic E-state index is 5.41. The van der Waals surface area contributed by atoms with E-state index >= 15 is 0 Å². The zero-order chi connectivity index (χ0) is 13.1. The first-order valence-electron chi connectivity index (χ1n) is 6.76. The summed E-state index contributed by atoms with van der Waals surface area (Å²) >= 11 is 0. The van der Waals surface area contributed by atoms with E-state index in [1.54, 1.807) is 0 Å². The van der Waals surface area contributed by atoms with Gasteiger partial charge in [-0.25, -0.2) is 0 Å². The highest BCUT2D eigenvalue weighted by molar-refractivity contribution is 5.50. The summed E-state index contributed by atoms with van der Waals surface area (Å²) in [6, 6.07) is 14.8. The summed E-state index contributed by atoms with van der Waals surface area (Å²) in [5.41, 5.74) is 6.39. The number of terminal acetylenes is 1. The second-order valence-electron chi connectivity index (χ2n) is 5.04. The molecule has 0 spiro atoms. The quantitative estimate of drug-likeness (QED) is 0.814. The summed E-state index contributed by atoms with van der Waals surface area (Å²) < 4.78 is 0. The SMILES string of the molecule is C#Cc1cccc(NCc2ccc3c(c2)CCC3)c1. The third kappa shape index (κ3) is 2.63. The van der Waals surface area contributed by atoms with Crippen molar-refractivity contribution >= 4 is 5.69 Å². The Labute approximate surface area is 114 Å². The summed E-state index contributed by atoms with van der Waals surface area (Å²) in [6.07, 6.45) is 9.19. The number of anilines is 1. The Morgan fingerprint density at radius 1 is 1.05 bits per heavy atom. The molecule has 19 heavy (non-hydrogen) atoms. The molecule has 2 aromatic rings. The Bertz CT molecular complexity index is 634. The third-order valence-corrected chi connectivity index (χ3v) is 3.69. The van der Waals surface area contributed by atoms with Gasteiger partial charge in [0.2, 0.25) is 0 Å². The summed E-state index contributed by atoms with van der Waals surface area (Å²) in [5, 5.41) is 3.43. The zero-order valence-corrected chi connectivity index (χ0v) is 10.9. The second-order valence-corrected chi connectivity index (χ2v) is 5.04. The van der Waals surface area contributed by atoms with E-state index in [9.17, 15) is 0 Å². The molecule has 0 fully saturated rings. The standard InChI is InChI=1S/C18H17N/c1-2-14-5-3-8-18(12-14)19-13-15-9-10-16-6-4-7-17(16)11-15/h1,3,5,8-12,19H,4,6-7,13H2. The van der Waals surface area contributed by atoms with Crippen LogP contribution in [0.4, 0.5) is 5.69 Å². The minimum Gasteiger partial charge on any atom is -0.381 e. The van der Waals surface area contributed by atoms with Gasteiger partial charge in [-0.2, -0.15) is 0 Å². The predicted octanol–water partition coefficient (Wildman–Crippen LogP) is 3.77. The summed E-state index contributed by atoms with van der Waals surface area (Å²) in [7, 11) is 0. The minimum atomic E-state index is 0.849. The normalized spacial score (nSPS) is 12.8. The van der Waals surface area contributed by atoms with Crippen molar-refractivity contribution in [1.82, 2.24) is 0 Å². The lowest BCUT2D eigenvalue weighted by atomic mass is 10.1. The van der Waals surface area contributed by atoms with E-state index in [2.05, 4.69) is 29.4 Å². The molecule has 2 aromatic carbocycles. The van der Waals surface area contributed by atoms with Crippen molar-refractivity contribution in [3.63, 3.8) is 0 Å². The molecule has 0 bridgehead atoms. The molecule has 1 heteroatoms. The molecular formula is C18H17N. The Morgan fingerprint density at radius 3 is 2.84 bits per heavy atom. The number of aryl methyl sites for hydroxylation is 2. The molecular weight excluding hydrogens is 230 g/mol. The fourth-order valence-electron chi connectivity index (χ4n) is 2.66. The summed E-state index contributed by atoms with van der Waals surface area (Å²) in [6.45, 7) is 0.849. The van der Waals surface area contributed by atoms with Gasteiger partial charge in [0.1, 0.15) is 0 Å². The molecule has 0 saturated carbocycles. The van der Waals surface area contributed by atoms with Crippen LogP contribution in [0.1, 0.15) is 28.7 Å². The fourth-order valence-corrected chi connectivity index (χ4v) is 2.66. The van der Waals surface area contributed by atoms with Gasteiger partial charge in [-0.15, -0.1) is 6.42 Å². The van der Waals surface area contributed by atoms with E-state index in [4.69, 9.17) is 6.42 Å². The molecule has 1 N–H and O–H groups in total. The van der Waals surface area contributed by atoms with Crippen LogP contribution in [0, 0.1) is 12.3 Å². The van der Waals surface area contributed by atoms with Crippen LogP contribution < -0.4 is 5.32 Å². The van der Waals surface area contributed by atoms with Crippen LogP contribution in [-0.4, -0.2) is 0 Å². The van der Waals surface area contributed by atoms with Gasteiger partial charge < -0.3 is 5.32 Å². The Morgan fingerprint density at radius 2 is 1.95 bits per heavy atom. The molecule has 0 aromatic heterocycles. The van der Waals surface area contributed by atoms with Gasteiger partial charge in [-0.3, -0.25) is 0 Å². The molecule has 1 aliphatic rings. The molecule has 0 radical (unpaired) electrons. The molecule has 0 aliphatic heterocycles. The maximum atomic E-state index is 5.41. The van der Waals surface area contributed by atoms with E-state index < -0.39 is 0 Å². The topological polar surface area (TPSA) is 12.0 Å². The van der Waals surface area contributed by atoms with E-state index in [1.165, 1.54) is 36.0 Å². The lowest BCUT2D eigenvalue weighted by Gasteiger charge is -2.08. The summed E-state index contributed by atoms with van der Waals surface area (Å²) in [5.74, 6) is 2.66. The number of rotatable bonds is 3. The summed E-state index contributed by atoms with van der Waals surface area (Å²) in [4.78, 5) is 0. The maximum Gasteiger partial charge on any atom is 0.0400 e. The highest BCUT2D eigenvalue weighted by atomic mass is 14.9. The van der Waals surface area contributed by atoms with Crippen molar-refractivity contribution in [1.29, 1.82) is 0 Å². The van der Waals surface area contributed by atoms with Gasteiger partial charge in [-0.05, 0) is 54.2 Å². The molecule has 94 valence electrons. The average Bonchev–Trinajstić information content (AvgIpc) is 2.93. The van der Waals surface area contributed by atoms with Gasteiger partial charge in [0.15, 0.2) is 0 Å². The van der Waals surface area contributed by atoms with E-state index in [0.29, 0.717) is 0 Å². The van der Waals surface area contributed by atoms with Crippen LogP contribution in [0.5, 0.6) is 0 Å². The van der Waals surface area contributed by atoms with E-state index in [0.717, 1.165) is 17.8 Å². The Hall–Kier alpha value is -2.20. The van der Waals surface area contributed by atoms with Gasteiger partial charge in [-0.1, -0.05) is 30.2 Å². The Kier molecular flexibility index (Phi) is 3.25.